The van der Waals surface area contributed by atoms with Gasteiger partial charge in [0.25, 0.3) is 5.56 Å². The minimum Gasteiger partial charge on any atom is -0.302 e. The molecule has 4 aromatic rings. The van der Waals surface area contributed by atoms with Crippen LogP contribution in [0.25, 0.3) is 21.3 Å². The Morgan fingerprint density at radius 1 is 1.19 bits per heavy atom. The van der Waals surface area contributed by atoms with Crippen LogP contribution in [0.5, 0.6) is 0 Å². The summed E-state index contributed by atoms with van der Waals surface area (Å²) >= 11 is 3.05. The van der Waals surface area contributed by atoms with Gasteiger partial charge in [-0.1, -0.05) is 18.2 Å². The van der Waals surface area contributed by atoms with Crippen LogP contribution in [-0.2, 0) is 11.2 Å². The van der Waals surface area contributed by atoms with Crippen molar-refractivity contribution >= 4 is 44.5 Å². The van der Waals surface area contributed by atoms with E-state index in [1.165, 1.54) is 16.2 Å². The molecule has 0 radical (unpaired) electrons. The van der Waals surface area contributed by atoms with Gasteiger partial charge in [-0.2, -0.15) is 5.10 Å². The van der Waals surface area contributed by atoms with Crippen LogP contribution in [-0.4, -0.2) is 21.1 Å². The number of anilines is 1. The number of thiazole rings is 1. The average Bonchev–Trinajstić information content (AvgIpc) is 3.26. The third-order valence-electron chi connectivity index (χ3n) is 3.85. The highest BCUT2D eigenvalue weighted by molar-refractivity contribution is 7.17. The van der Waals surface area contributed by atoms with Crippen LogP contribution in [0.2, 0.25) is 0 Å². The van der Waals surface area contributed by atoms with Gasteiger partial charge >= 0.3 is 0 Å². The SMILES string of the molecule is Cc1ccc(-c2csc(NC(=O)Cc3n[nH]c(=O)c4ccccc34)n2)s1. The summed E-state index contributed by atoms with van der Waals surface area (Å²) in [6.45, 7) is 2.05. The standard InChI is InChI=1S/C18H14N4O2S2/c1-10-6-7-15(26-10)14-9-25-18(19-14)20-16(23)8-13-11-4-2-3-5-12(11)17(24)22-21-13/h2-7,9H,8H2,1H3,(H,22,24)(H,19,20,23). The van der Waals surface area contributed by atoms with Crippen molar-refractivity contribution in [3.05, 3.63) is 62.7 Å². The van der Waals surface area contributed by atoms with Crippen molar-refractivity contribution < 1.29 is 4.79 Å². The predicted octanol–water partition coefficient (Wildman–Crippen LogP) is 3.60. The number of nitrogens with zero attached hydrogens (tertiary/aromatic N) is 2. The number of nitrogens with one attached hydrogen (secondary N) is 2. The first-order valence-electron chi connectivity index (χ1n) is 7.88. The molecule has 2 N–H and O–H groups in total. The number of hydrogen-bond donors (Lipinski definition) is 2. The maximum Gasteiger partial charge on any atom is 0.272 e. The number of H-pyrrole nitrogens is 1. The molecule has 0 spiro atoms. The number of carbonyl (C=O) groups is 1. The predicted molar refractivity (Wildman–Crippen MR) is 105 cm³/mol. The maximum atomic E-state index is 12.4. The van der Waals surface area contributed by atoms with Crippen LogP contribution in [0.3, 0.4) is 0 Å². The number of fused-ring (bicyclic) bond motifs is 1. The molecular weight excluding hydrogens is 368 g/mol. The molecule has 0 saturated heterocycles. The third-order valence-corrected chi connectivity index (χ3v) is 5.63. The fourth-order valence-corrected chi connectivity index (χ4v) is 4.27. The van der Waals surface area contributed by atoms with Crippen molar-refractivity contribution in [2.75, 3.05) is 5.32 Å². The number of hydrogen-bond acceptors (Lipinski definition) is 6. The van der Waals surface area contributed by atoms with Gasteiger partial charge in [0.2, 0.25) is 5.91 Å². The Morgan fingerprint density at radius 3 is 2.77 bits per heavy atom. The Kier molecular flexibility index (Phi) is 4.36. The number of carbonyl (C=O) groups excluding carboxylic acids is 1. The lowest BCUT2D eigenvalue weighted by Gasteiger charge is -2.04. The molecule has 0 bridgehead atoms. The van der Waals surface area contributed by atoms with Crippen LogP contribution in [0.4, 0.5) is 5.13 Å². The highest BCUT2D eigenvalue weighted by atomic mass is 32.1. The van der Waals surface area contributed by atoms with Gasteiger partial charge < -0.3 is 5.32 Å². The number of benzene rings is 1. The molecule has 130 valence electrons. The number of aromatic nitrogens is 3. The smallest absolute Gasteiger partial charge is 0.272 e. The summed E-state index contributed by atoms with van der Waals surface area (Å²) in [6.07, 6.45) is 0.0598. The van der Waals surface area contributed by atoms with E-state index in [4.69, 9.17) is 0 Å². The van der Waals surface area contributed by atoms with E-state index in [0.717, 1.165) is 10.6 Å². The lowest BCUT2D eigenvalue weighted by Crippen LogP contribution is -2.18. The summed E-state index contributed by atoms with van der Waals surface area (Å²) in [6, 6.07) is 11.2. The zero-order chi connectivity index (χ0) is 18.1. The second-order valence-electron chi connectivity index (χ2n) is 5.72. The first kappa shape index (κ1) is 16.6. The lowest BCUT2D eigenvalue weighted by molar-refractivity contribution is -0.115. The Balaban J connectivity index is 1.52. The normalized spacial score (nSPS) is 11.0. The van der Waals surface area contributed by atoms with Gasteiger partial charge in [-0.3, -0.25) is 9.59 Å². The molecule has 1 amide bonds. The first-order valence-corrected chi connectivity index (χ1v) is 9.58. The van der Waals surface area contributed by atoms with Crippen LogP contribution in [0.15, 0.2) is 46.6 Å². The van der Waals surface area contributed by atoms with E-state index in [1.807, 2.05) is 30.5 Å². The second-order valence-corrected chi connectivity index (χ2v) is 7.86. The van der Waals surface area contributed by atoms with Gasteiger partial charge in [0.1, 0.15) is 0 Å². The molecule has 0 fully saturated rings. The van der Waals surface area contributed by atoms with E-state index in [2.05, 4.69) is 20.5 Å². The molecule has 3 aromatic heterocycles. The van der Waals surface area contributed by atoms with Crippen LogP contribution in [0, 0.1) is 6.92 Å². The Hall–Kier alpha value is -2.84. The van der Waals surface area contributed by atoms with Crippen molar-refractivity contribution in [3.63, 3.8) is 0 Å². The van der Waals surface area contributed by atoms with Gasteiger partial charge in [-0.15, -0.1) is 22.7 Å². The number of aromatic amines is 1. The molecular formula is C18H14N4O2S2. The van der Waals surface area contributed by atoms with Gasteiger partial charge in [0.05, 0.1) is 28.1 Å². The van der Waals surface area contributed by atoms with E-state index in [-0.39, 0.29) is 17.9 Å². The Labute approximate surface area is 156 Å². The Bertz CT molecular complexity index is 1160. The largest absolute Gasteiger partial charge is 0.302 e. The number of amides is 1. The van der Waals surface area contributed by atoms with Crippen LogP contribution < -0.4 is 10.9 Å². The summed E-state index contributed by atoms with van der Waals surface area (Å²) in [5, 5.41) is 13.0. The molecule has 3 heterocycles. The maximum absolute atomic E-state index is 12.4. The minimum atomic E-state index is -0.263. The molecule has 0 aliphatic carbocycles. The number of thiophene rings is 1. The molecule has 0 atom stereocenters. The molecule has 0 saturated carbocycles. The second kappa shape index (κ2) is 6.81. The van der Waals surface area contributed by atoms with Crippen molar-refractivity contribution in [2.24, 2.45) is 0 Å². The van der Waals surface area contributed by atoms with E-state index in [1.54, 1.807) is 29.5 Å². The minimum absolute atomic E-state index is 0.0598. The zero-order valence-electron chi connectivity index (χ0n) is 13.8. The van der Waals surface area contributed by atoms with Gasteiger partial charge in [-0.05, 0) is 25.1 Å². The molecule has 6 nitrogen and oxygen atoms in total. The van der Waals surface area contributed by atoms with E-state index in [0.29, 0.717) is 21.6 Å². The lowest BCUT2D eigenvalue weighted by atomic mass is 10.1. The molecule has 8 heteroatoms. The summed E-state index contributed by atoms with van der Waals surface area (Å²) in [7, 11) is 0. The van der Waals surface area contributed by atoms with E-state index < -0.39 is 0 Å². The van der Waals surface area contributed by atoms with Crippen molar-refractivity contribution in [3.8, 4) is 10.6 Å². The topological polar surface area (TPSA) is 87.7 Å². The first-order chi connectivity index (χ1) is 12.6. The summed E-state index contributed by atoms with van der Waals surface area (Å²) in [5.41, 5.74) is 1.12. The summed E-state index contributed by atoms with van der Waals surface area (Å²) in [5.74, 6) is -0.224. The van der Waals surface area contributed by atoms with E-state index in [9.17, 15) is 9.59 Å². The number of rotatable bonds is 4. The van der Waals surface area contributed by atoms with Crippen LogP contribution >= 0.6 is 22.7 Å². The highest BCUT2D eigenvalue weighted by Crippen LogP contribution is 2.30. The monoisotopic (exact) mass is 382 g/mol. The summed E-state index contributed by atoms with van der Waals surface area (Å²) < 4.78 is 0. The van der Waals surface area contributed by atoms with Gasteiger partial charge in [0.15, 0.2) is 5.13 Å². The number of aryl methyl sites for hydroxylation is 1. The van der Waals surface area contributed by atoms with Gasteiger partial charge in [0, 0.05) is 15.6 Å². The molecule has 4 rings (SSSR count). The van der Waals surface area contributed by atoms with Crippen molar-refractivity contribution in [1.29, 1.82) is 0 Å². The highest BCUT2D eigenvalue weighted by Gasteiger charge is 2.13. The molecule has 0 aliphatic heterocycles. The zero-order valence-corrected chi connectivity index (χ0v) is 15.4. The van der Waals surface area contributed by atoms with Gasteiger partial charge in [-0.25, -0.2) is 10.1 Å². The van der Waals surface area contributed by atoms with Crippen molar-refractivity contribution in [1.82, 2.24) is 15.2 Å². The fraction of sp³-hybridized carbons (Fsp3) is 0.111. The Morgan fingerprint density at radius 2 is 2.00 bits per heavy atom. The van der Waals surface area contributed by atoms with E-state index >= 15 is 0 Å². The molecule has 0 unspecified atom stereocenters. The molecule has 0 aliphatic rings. The van der Waals surface area contributed by atoms with Crippen LogP contribution in [0.1, 0.15) is 10.6 Å². The molecule has 26 heavy (non-hydrogen) atoms. The van der Waals surface area contributed by atoms with Crippen molar-refractivity contribution in [2.45, 2.75) is 13.3 Å². The quantitative estimate of drug-likeness (QED) is 0.564. The average molecular weight is 382 g/mol. The third kappa shape index (κ3) is 3.29. The summed E-state index contributed by atoms with van der Waals surface area (Å²) in [4.78, 5) is 31.0. The fourth-order valence-electron chi connectivity index (χ4n) is 2.64. The molecule has 1 aromatic carbocycles.